The largest absolute Gasteiger partial charge is 0.481 e. The molecule has 4 aromatic rings. The lowest BCUT2D eigenvalue weighted by molar-refractivity contribution is -0.140. The number of tetrazole rings is 1. The van der Waals surface area contributed by atoms with Crippen LogP contribution >= 0.6 is 11.6 Å². The lowest BCUT2D eigenvalue weighted by atomic mass is 10.1. The Morgan fingerprint density at radius 2 is 1.71 bits per heavy atom. The van der Waals surface area contributed by atoms with Gasteiger partial charge in [-0.3, -0.25) is 24.0 Å². The molecule has 2 aromatic heterocycles. The highest BCUT2D eigenvalue weighted by molar-refractivity contribution is 6.33. The summed E-state index contributed by atoms with van der Waals surface area (Å²) in [7, 11) is 0. The number of nitrogens with one attached hydrogen (secondary N) is 2. The maximum atomic E-state index is 13.1. The van der Waals surface area contributed by atoms with Crippen molar-refractivity contribution in [3.63, 3.8) is 0 Å². The lowest BCUT2D eigenvalue weighted by Gasteiger charge is -2.20. The van der Waals surface area contributed by atoms with Crippen molar-refractivity contribution < 1.29 is 24.3 Å². The van der Waals surface area contributed by atoms with Gasteiger partial charge >= 0.3 is 5.97 Å². The summed E-state index contributed by atoms with van der Waals surface area (Å²) in [5, 5.41) is 26.5. The van der Waals surface area contributed by atoms with Gasteiger partial charge in [-0.25, -0.2) is 0 Å². The van der Waals surface area contributed by atoms with E-state index in [0.717, 1.165) is 9.36 Å². The molecule has 2 aromatic carbocycles. The zero-order chi connectivity index (χ0) is 29.5. The second-order valence-corrected chi connectivity index (χ2v) is 9.29. The summed E-state index contributed by atoms with van der Waals surface area (Å²) in [5.41, 5.74) is 0.0962. The zero-order valence-corrected chi connectivity index (χ0v) is 22.4. The normalized spacial score (nSPS) is 12.2. The van der Waals surface area contributed by atoms with Gasteiger partial charge in [0, 0.05) is 17.3 Å². The van der Waals surface area contributed by atoms with Gasteiger partial charge < -0.3 is 20.3 Å². The van der Waals surface area contributed by atoms with Gasteiger partial charge in [0.2, 0.25) is 11.7 Å². The molecule has 4 rings (SSSR count). The van der Waals surface area contributed by atoms with Gasteiger partial charge in [-0.2, -0.15) is 4.80 Å². The Balaban J connectivity index is 1.47. The maximum absolute atomic E-state index is 13.1. The molecule has 210 valence electrons. The molecule has 0 fully saturated rings. The second-order valence-electron chi connectivity index (χ2n) is 8.88. The van der Waals surface area contributed by atoms with Crippen LogP contribution in [0.1, 0.15) is 29.7 Å². The Kier molecular flexibility index (Phi) is 8.99. The average Bonchev–Trinajstić information content (AvgIpc) is 3.41. The van der Waals surface area contributed by atoms with Crippen LogP contribution in [-0.4, -0.2) is 59.5 Å². The smallest absolute Gasteiger partial charge is 0.305 e. The van der Waals surface area contributed by atoms with E-state index in [9.17, 15) is 29.1 Å². The molecule has 2 atom stereocenters. The third-order valence-electron chi connectivity index (χ3n) is 6.00. The first-order valence-electron chi connectivity index (χ1n) is 12.3. The first-order valence-corrected chi connectivity index (χ1v) is 12.7. The number of carboxylic acids is 1. The maximum Gasteiger partial charge on any atom is 0.305 e. The highest BCUT2D eigenvalue weighted by Crippen LogP contribution is 2.23. The number of carboxylic acid groups (broad SMARTS) is 1. The number of hydrogen-bond acceptors (Lipinski definition) is 8. The van der Waals surface area contributed by atoms with Crippen LogP contribution < -0.4 is 16.2 Å². The fourth-order valence-electron chi connectivity index (χ4n) is 3.84. The fraction of sp³-hybridized carbons (Fsp3) is 0.185. The number of carbonyl (C=O) groups is 4. The molecule has 2 amide bonds. The van der Waals surface area contributed by atoms with Gasteiger partial charge in [0.15, 0.2) is 5.78 Å². The minimum atomic E-state index is -1.45. The van der Waals surface area contributed by atoms with Crippen molar-refractivity contribution in [1.82, 2.24) is 30.1 Å². The van der Waals surface area contributed by atoms with Gasteiger partial charge in [-0.15, -0.1) is 10.2 Å². The second kappa shape index (κ2) is 12.8. The van der Waals surface area contributed by atoms with E-state index in [1.54, 1.807) is 54.6 Å². The number of ketones is 1. The minimum absolute atomic E-state index is 0.0641. The van der Waals surface area contributed by atoms with Crippen molar-refractivity contribution in [2.75, 3.05) is 5.32 Å². The van der Waals surface area contributed by atoms with Crippen LogP contribution in [0.2, 0.25) is 5.02 Å². The first kappa shape index (κ1) is 28.8. The molecule has 0 saturated heterocycles. The highest BCUT2D eigenvalue weighted by Gasteiger charge is 2.28. The number of benzene rings is 2. The SMILES string of the molecule is CC(C(=O)NC(CC(=O)O)C(=O)Cn1nnc(-c2ccccc2Cl)n1)n1cccc(NC(=O)c2ccccc2)c1=O. The molecule has 0 aliphatic rings. The summed E-state index contributed by atoms with van der Waals surface area (Å²) in [5.74, 6) is -3.17. The quantitative estimate of drug-likeness (QED) is 0.241. The van der Waals surface area contributed by atoms with Crippen molar-refractivity contribution in [3.05, 3.63) is 93.9 Å². The van der Waals surface area contributed by atoms with Crippen molar-refractivity contribution in [1.29, 1.82) is 0 Å². The lowest BCUT2D eigenvalue weighted by Crippen LogP contribution is -2.47. The average molecular weight is 578 g/mol. The number of Topliss-reactive ketones (excluding diaryl/α,β-unsaturated/α-hetero) is 1. The molecule has 14 heteroatoms. The van der Waals surface area contributed by atoms with E-state index >= 15 is 0 Å². The number of pyridine rings is 1. The van der Waals surface area contributed by atoms with E-state index in [1.807, 2.05) is 0 Å². The molecular formula is C27H24ClN7O6. The van der Waals surface area contributed by atoms with Crippen LogP contribution in [0.25, 0.3) is 11.4 Å². The number of nitrogens with zero attached hydrogens (tertiary/aromatic N) is 5. The molecule has 13 nitrogen and oxygen atoms in total. The summed E-state index contributed by atoms with van der Waals surface area (Å²) in [4.78, 5) is 64.0. The van der Waals surface area contributed by atoms with Gasteiger partial charge in [-0.1, -0.05) is 41.9 Å². The highest BCUT2D eigenvalue weighted by atomic mass is 35.5. The summed E-state index contributed by atoms with van der Waals surface area (Å²) < 4.78 is 1.06. The van der Waals surface area contributed by atoms with Crippen LogP contribution in [0.3, 0.4) is 0 Å². The van der Waals surface area contributed by atoms with Gasteiger partial charge in [0.05, 0.1) is 11.4 Å². The number of aliphatic carboxylic acids is 1. The van der Waals surface area contributed by atoms with Crippen LogP contribution in [0.15, 0.2) is 77.7 Å². The predicted octanol–water partition coefficient (Wildman–Crippen LogP) is 2.20. The number of aromatic nitrogens is 5. The molecule has 0 saturated carbocycles. The van der Waals surface area contributed by atoms with E-state index < -0.39 is 54.2 Å². The fourth-order valence-corrected chi connectivity index (χ4v) is 4.06. The number of hydrogen-bond donors (Lipinski definition) is 3. The Labute approximate surface area is 237 Å². The molecule has 3 N–H and O–H groups in total. The van der Waals surface area contributed by atoms with E-state index in [2.05, 4.69) is 26.0 Å². The topological polar surface area (TPSA) is 178 Å². The zero-order valence-electron chi connectivity index (χ0n) is 21.6. The van der Waals surface area contributed by atoms with Crippen LogP contribution in [0.4, 0.5) is 5.69 Å². The van der Waals surface area contributed by atoms with E-state index in [-0.39, 0.29) is 11.5 Å². The Bertz CT molecular complexity index is 1650. The molecule has 2 unspecified atom stereocenters. The van der Waals surface area contributed by atoms with Gasteiger partial charge in [0.1, 0.15) is 24.3 Å². The molecule has 41 heavy (non-hydrogen) atoms. The van der Waals surface area contributed by atoms with Crippen molar-refractivity contribution in [2.24, 2.45) is 0 Å². The van der Waals surface area contributed by atoms with Crippen LogP contribution in [-0.2, 0) is 20.9 Å². The summed E-state index contributed by atoms with van der Waals surface area (Å²) in [6.07, 6.45) is 0.625. The third-order valence-corrected chi connectivity index (χ3v) is 6.33. The van der Waals surface area contributed by atoms with E-state index in [4.69, 9.17) is 11.6 Å². The van der Waals surface area contributed by atoms with Crippen molar-refractivity contribution in [3.8, 4) is 11.4 Å². The molecule has 0 spiro atoms. The van der Waals surface area contributed by atoms with Crippen molar-refractivity contribution in [2.45, 2.75) is 32.0 Å². The molecule has 2 heterocycles. The van der Waals surface area contributed by atoms with Crippen molar-refractivity contribution >= 4 is 40.9 Å². The van der Waals surface area contributed by atoms with Gasteiger partial charge in [-0.05, 0) is 48.5 Å². The van der Waals surface area contributed by atoms with Gasteiger partial charge in [0.25, 0.3) is 11.5 Å². The summed E-state index contributed by atoms with van der Waals surface area (Å²) in [6.45, 7) is 0.918. The first-order chi connectivity index (χ1) is 19.6. The van der Waals surface area contributed by atoms with Crippen LogP contribution in [0.5, 0.6) is 0 Å². The number of rotatable bonds is 11. The monoisotopic (exact) mass is 577 g/mol. The Morgan fingerprint density at radius 3 is 2.41 bits per heavy atom. The molecule has 0 bridgehead atoms. The summed E-state index contributed by atoms with van der Waals surface area (Å²) in [6, 6.07) is 15.3. The van der Waals surface area contributed by atoms with Crippen LogP contribution in [0, 0.1) is 0 Å². The Hall–Kier alpha value is -5.17. The van der Waals surface area contributed by atoms with E-state index in [1.165, 1.54) is 25.3 Å². The molecular weight excluding hydrogens is 554 g/mol. The van der Waals surface area contributed by atoms with E-state index in [0.29, 0.717) is 16.1 Å². The minimum Gasteiger partial charge on any atom is -0.481 e. The third kappa shape index (κ3) is 7.08. The predicted molar refractivity (Wildman–Crippen MR) is 147 cm³/mol. The molecule has 0 aliphatic carbocycles. The number of halogens is 1. The number of anilines is 1. The standard InChI is InChI=1S/C27H24ClN7O6/c1-16(34-13-7-12-20(27(34)41)29-26(40)17-8-3-2-4-9-17)25(39)30-21(14-23(37)38)22(36)15-35-32-24(31-33-35)18-10-5-6-11-19(18)28/h2-13,16,21H,14-15H2,1H3,(H,29,40)(H,30,39)(H,37,38). The molecule has 0 aliphatic heterocycles. The summed E-state index contributed by atoms with van der Waals surface area (Å²) >= 11 is 6.15. The molecule has 0 radical (unpaired) electrons. The Morgan fingerprint density at radius 1 is 1.00 bits per heavy atom. The number of carbonyl (C=O) groups excluding carboxylic acids is 3. The number of amides is 2.